The highest BCUT2D eigenvalue weighted by atomic mass is 16.6. The Labute approximate surface area is 60.7 Å². The van der Waals surface area contributed by atoms with Gasteiger partial charge in [-0.1, -0.05) is 0 Å². The summed E-state index contributed by atoms with van der Waals surface area (Å²) in [5, 5.41) is 8.10. The normalized spacial score (nSPS) is 9.20. The van der Waals surface area contributed by atoms with E-state index in [-0.39, 0.29) is 0 Å². The van der Waals surface area contributed by atoms with Crippen LogP contribution in [0, 0.1) is 11.3 Å². The van der Waals surface area contributed by atoms with Crippen LogP contribution in [0.15, 0.2) is 0 Å². The van der Waals surface area contributed by atoms with E-state index in [1.54, 1.807) is 7.11 Å². The molecule has 58 valence electrons. The number of hydroxylamine groups is 1. The predicted octanol–water partition coefficient (Wildman–Crippen LogP) is 0.0677. The van der Waals surface area contributed by atoms with Gasteiger partial charge in [-0.05, 0) is 0 Å². The van der Waals surface area contributed by atoms with Gasteiger partial charge in [0.25, 0.3) is 0 Å². The van der Waals surface area contributed by atoms with Crippen LogP contribution in [-0.2, 0) is 9.57 Å². The molecular weight excluding hydrogens is 132 g/mol. The van der Waals surface area contributed by atoms with E-state index in [2.05, 4.69) is 10.3 Å². The molecule has 10 heavy (non-hydrogen) atoms. The van der Waals surface area contributed by atoms with Crippen molar-refractivity contribution in [2.75, 3.05) is 26.9 Å². The number of hydrogen-bond acceptors (Lipinski definition) is 4. The van der Waals surface area contributed by atoms with Crippen molar-refractivity contribution < 1.29 is 9.57 Å². The molecule has 4 nitrogen and oxygen atoms in total. The summed E-state index contributed by atoms with van der Waals surface area (Å²) >= 11 is 0. The maximum atomic E-state index is 8.10. The summed E-state index contributed by atoms with van der Waals surface area (Å²) in [6.45, 7) is 1.74. The second-order valence-corrected chi connectivity index (χ2v) is 1.62. The molecule has 0 amide bonds. The van der Waals surface area contributed by atoms with Gasteiger partial charge in [0.15, 0.2) is 0 Å². The second kappa shape index (κ2) is 8.37. The van der Waals surface area contributed by atoms with E-state index in [0.29, 0.717) is 26.2 Å². The van der Waals surface area contributed by atoms with Crippen molar-refractivity contribution >= 4 is 0 Å². The molecule has 0 fully saturated rings. The Bertz CT molecular complexity index is 100. The van der Waals surface area contributed by atoms with Crippen molar-refractivity contribution in [3.8, 4) is 6.07 Å². The third kappa shape index (κ3) is 7.37. The van der Waals surface area contributed by atoms with Gasteiger partial charge < -0.3 is 9.57 Å². The maximum absolute atomic E-state index is 8.10. The summed E-state index contributed by atoms with van der Waals surface area (Å²) in [6.07, 6.45) is 0.451. The molecule has 0 heterocycles. The third-order valence-corrected chi connectivity index (χ3v) is 0.851. The largest absolute Gasteiger partial charge is 0.379 e. The maximum Gasteiger partial charge on any atom is 0.0645 e. The summed E-state index contributed by atoms with van der Waals surface area (Å²) in [4.78, 5) is 4.55. The number of nitrogens with one attached hydrogen (secondary N) is 1. The van der Waals surface area contributed by atoms with Crippen LogP contribution in [0.25, 0.3) is 0 Å². The topological polar surface area (TPSA) is 54.3 Å². The zero-order valence-electron chi connectivity index (χ0n) is 6.09. The average Bonchev–Trinajstić information content (AvgIpc) is 1.97. The lowest BCUT2D eigenvalue weighted by Gasteiger charge is -2.00. The number of nitrogens with zero attached hydrogens (tertiary/aromatic N) is 1. The van der Waals surface area contributed by atoms with E-state index in [9.17, 15) is 0 Å². The fourth-order valence-corrected chi connectivity index (χ4v) is 0.436. The molecule has 0 atom stereocenters. The van der Waals surface area contributed by atoms with Crippen LogP contribution in [0.1, 0.15) is 6.42 Å². The van der Waals surface area contributed by atoms with E-state index in [4.69, 9.17) is 10.00 Å². The van der Waals surface area contributed by atoms with Crippen molar-refractivity contribution in [3.05, 3.63) is 0 Å². The Balaban J connectivity index is 2.72. The molecule has 0 aliphatic rings. The molecule has 0 saturated carbocycles. The minimum atomic E-state index is 0.451. The van der Waals surface area contributed by atoms with Crippen molar-refractivity contribution in [1.29, 1.82) is 5.26 Å². The van der Waals surface area contributed by atoms with Crippen molar-refractivity contribution in [2.24, 2.45) is 0 Å². The third-order valence-electron chi connectivity index (χ3n) is 0.851. The van der Waals surface area contributed by atoms with Gasteiger partial charge in [-0.3, -0.25) is 0 Å². The van der Waals surface area contributed by atoms with E-state index in [1.165, 1.54) is 0 Å². The van der Waals surface area contributed by atoms with Crippen LogP contribution >= 0.6 is 0 Å². The second-order valence-electron chi connectivity index (χ2n) is 1.62. The van der Waals surface area contributed by atoms with Crippen molar-refractivity contribution in [2.45, 2.75) is 6.42 Å². The number of ether oxygens (including phenoxy) is 1. The summed E-state index contributed by atoms with van der Waals surface area (Å²) < 4.78 is 5.01. The fourth-order valence-electron chi connectivity index (χ4n) is 0.436. The van der Waals surface area contributed by atoms with Gasteiger partial charge in [-0.2, -0.15) is 5.26 Å². The van der Waals surface area contributed by atoms with Gasteiger partial charge in [0.1, 0.15) is 0 Å². The highest BCUT2D eigenvalue weighted by Crippen LogP contribution is 1.77. The summed E-state index contributed by atoms with van der Waals surface area (Å²) in [5.74, 6) is 0. The van der Waals surface area contributed by atoms with Gasteiger partial charge in [0.05, 0.1) is 32.8 Å². The summed E-state index contributed by atoms with van der Waals surface area (Å²) in [5.41, 5.74) is 2.62. The number of rotatable bonds is 6. The number of nitriles is 1. The molecule has 0 aromatic rings. The van der Waals surface area contributed by atoms with Crippen LogP contribution in [0.2, 0.25) is 0 Å². The van der Waals surface area contributed by atoms with Gasteiger partial charge in [0.2, 0.25) is 0 Å². The van der Waals surface area contributed by atoms with Gasteiger partial charge in [-0.25, -0.2) is 5.48 Å². The minimum Gasteiger partial charge on any atom is -0.379 e. The highest BCUT2D eigenvalue weighted by Gasteiger charge is 1.85. The molecule has 0 aliphatic heterocycles. The molecule has 1 N–H and O–H groups in total. The zero-order valence-corrected chi connectivity index (χ0v) is 6.09. The van der Waals surface area contributed by atoms with Crippen molar-refractivity contribution in [1.82, 2.24) is 5.48 Å². The van der Waals surface area contributed by atoms with Crippen LogP contribution in [0.3, 0.4) is 0 Å². The molecular formula is C6H12N2O2. The zero-order chi connectivity index (χ0) is 7.66. The lowest BCUT2D eigenvalue weighted by Crippen LogP contribution is -2.18. The summed E-state index contributed by atoms with van der Waals surface area (Å²) in [6, 6.07) is 1.98. The summed E-state index contributed by atoms with van der Waals surface area (Å²) in [7, 11) is 1.55. The highest BCUT2D eigenvalue weighted by molar-refractivity contribution is 4.66. The van der Waals surface area contributed by atoms with Crippen LogP contribution < -0.4 is 5.48 Å². The van der Waals surface area contributed by atoms with E-state index < -0.39 is 0 Å². The van der Waals surface area contributed by atoms with E-state index in [1.807, 2.05) is 6.07 Å². The first-order chi connectivity index (χ1) is 4.91. The Kier molecular flexibility index (Phi) is 7.84. The van der Waals surface area contributed by atoms with Gasteiger partial charge in [0, 0.05) is 6.54 Å². The first kappa shape index (κ1) is 9.37. The molecule has 0 unspecified atom stereocenters. The molecule has 0 aromatic heterocycles. The lowest BCUT2D eigenvalue weighted by molar-refractivity contribution is 0.0568. The standard InChI is InChI=1S/C6H12N2O2/c1-9-8-4-6-10-5-2-3-7/h8H,2,4-6H2,1H3. The molecule has 0 rings (SSSR count). The van der Waals surface area contributed by atoms with Crippen LogP contribution in [0.5, 0.6) is 0 Å². The molecule has 4 heteroatoms. The lowest BCUT2D eigenvalue weighted by atomic mass is 10.5. The number of hydrogen-bond donors (Lipinski definition) is 1. The monoisotopic (exact) mass is 144 g/mol. The van der Waals surface area contributed by atoms with Gasteiger partial charge in [-0.15, -0.1) is 0 Å². The van der Waals surface area contributed by atoms with Crippen molar-refractivity contribution in [3.63, 3.8) is 0 Å². The molecule has 0 aliphatic carbocycles. The van der Waals surface area contributed by atoms with Crippen LogP contribution in [-0.4, -0.2) is 26.9 Å². The first-order valence-electron chi connectivity index (χ1n) is 3.12. The quantitative estimate of drug-likeness (QED) is 0.423. The first-order valence-corrected chi connectivity index (χ1v) is 3.12. The van der Waals surface area contributed by atoms with Crippen LogP contribution in [0.4, 0.5) is 0 Å². The Morgan fingerprint density at radius 3 is 2.90 bits per heavy atom. The molecule has 0 saturated heterocycles. The van der Waals surface area contributed by atoms with Gasteiger partial charge >= 0.3 is 0 Å². The fraction of sp³-hybridized carbons (Fsp3) is 0.833. The van der Waals surface area contributed by atoms with E-state index >= 15 is 0 Å². The average molecular weight is 144 g/mol. The Hall–Kier alpha value is -0.630. The molecule has 0 aromatic carbocycles. The van der Waals surface area contributed by atoms with E-state index in [0.717, 1.165) is 0 Å². The molecule has 0 radical (unpaired) electrons. The molecule has 0 bridgehead atoms. The Morgan fingerprint density at radius 2 is 2.30 bits per heavy atom. The minimum absolute atomic E-state index is 0.451. The smallest absolute Gasteiger partial charge is 0.0645 e. The SMILES string of the molecule is CONCCOCCC#N. The predicted molar refractivity (Wildman–Crippen MR) is 36.1 cm³/mol. The Morgan fingerprint density at radius 1 is 1.50 bits per heavy atom. The molecule has 0 spiro atoms.